The fraction of sp³-hybridized carbons (Fsp3) is 0.429. The molecule has 20 heavy (non-hydrogen) atoms. The third-order valence-electron chi connectivity index (χ3n) is 3.11. The summed E-state index contributed by atoms with van der Waals surface area (Å²) in [6.07, 6.45) is 0.934. The molecule has 1 aliphatic rings. The van der Waals surface area contributed by atoms with Crippen LogP contribution in [0, 0.1) is 5.82 Å². The van der Waals surface area contributed by atoms with Crippen LogP contribution >= 0.6 is 15.9 Å². The van der Waals surface area contributed by atoms with Gasteiger partial charge in [-0.2, -0.15) is 0 Å². The van der Waals surface area contributed by atoms with Gasteiger partial charge in [-0.05, 0) is 46.5 Å². The highest BCUT2D eigenvalue weighted by Gasteiger charge is 2.19. The Kier molecular flexibility index (Phi) is 4.75. The molecular formula is C14H16BrFN2O2. The van der Waals surface area contributed by atoms with E-state index in [9.17, 15) is 9.18 Å². The number of hydrogen-bond acceptors (Lipinski definition) is 3. The van der Waals surface area contributed by atoms with Crippen molar-refractivity contribution >= 4 is 27.7 Å². The van der Waals surface area contributed by atoms with E-state index in [4.69, 9.17) is 4.84 Å². The van der Waals surface area contributed by atoms with Crippen molar-refractivity contribution in [3.8, 4) is 0 Å². The molecule has 2 atom stereocenters. The maximum atomic E-state index is 13.2. The van der Waals surface area contributed by atoms with Crippen LogP contribution in [-0.4, -0.2) is 17.8 Å². The number of oxime groups is 1. The third-order valence-corrected chi connectivity index (χ3v) is 3.72. The van der Waals surface area contributed by atoms with E-state index in [2.05, 4.69) is 26.4 Å². The van der Waals surface area contributed by atoms with E-state index in [0.29, 0.717) is 23.1 Å². The number of carbonyl (C=O) groups excluding carboxylic acids is 1. The molecule has 0 fully saturated rings. The van der Waals surface area contributed by atoms with Gasteiger partial charge in [0.2, 0.25) is 5.91 Å². The Balaban J connectivity index is 1.92. The molecule has 0 aromatic heterocycles. The molecule has 1 amide bonds. The zero-order valence-corrected chi connectivity index (χ0v) is 12.9. The average molecular weight is 343 g/mol. The highest BCUT2D eigenvalue weighted by atomic mass is 79.9. The van der Waals surface area contributed by atoms with Crippen LogP contribution in [0.15, 0.2) is 27.8 Å². The summed E-state index contributed by atoms with van der Waals surface area (Å²) in [5, 5.41) is 6.53. The first-order valence-corrected chi connectivity index (χ1v) is 7.22. The summed E-state index contributed by atoms with van der Waals surface area (Å²) in [4.78, 5) is 16.9. The molecule has 6 heteroatoms. The molecule has 1 aromatic carbocycles. The summed E-state index contributed by atoms with van der Waals surface area (Å²) >= 11 is 3.15. The van der Waals surface area contributed by atoms with Crippen LogP contribution in [-0.2, 0) is 9.63 Å². The van der Waals surface area contributed by atoms with Crippen molar-refractivity contribution in [3.05, 3.63) is 34.1 Å². The standard InChI is InChI=1S/C14H16BrFN2O2/c1-8(10-3-4-12(16)11(15)7-10)5-14(19)17-13-6-9(2)20-18-13/h3-4,7-9H,5-6H2,1-2H3,(H,17,18,19). The van der Waals surface area contributed by atoms with Gasteiger partial charge in [0, 0.05) is 12.8 Å². The Morgan fingerprint density at radius 1 is 1.65 bits per heavy atom. The van der Waals surface area contributed by atoms with Crippen molar-refractivity contribution in [1.82, 2.24) is 5.32 Å². The summed E-state index contributed by atoms with van der Waals surface area (Å²) in [5.41, 5.74) is 0.909. The Bertz CT molecular complexity index is 548. The lowest BCUT2D eigenvalue weighted by Crippen LogP contribution is -2.30. The predicted octanol–water partition coefficient (Wildman–Crippen LogP) is 3.32. The number of carbonyl (C=O) groups is 1. The molecule has 4 nitrogen and oxygen atoms in total. The maximum absolute atomic E-state index is 13.2. The Morgan fingerprint density at radius 3 is 3.00 bits per heavy atom. The summed E-state index contributed by atoms with van der Waals surface area (Å²) in [6.45, 7) is 3.82. The Labute approximate surface area is 125 Å². The van der Waals surface area contributed by atoms with Gasteiger partial charge in [0.25, 0.3) is 0 Å². The lowest BCUT2D eigenvalue weighted by atomic mass is 9.97. The zero-order valence-electron chi connectivity index (χ0n) is 11.3. The van der Waals surface area contributed by atoms with Crippen LogP contribution in [0.3, 0.4) is 0 Å². The van der Waals surface area contributed by atoms with Crippen molar-refractivity contribution in [3.63, 3.8) is 0 Å². The number of amidine groups is 1. The van der Waals surface area contributed by atoms with E-state index in [-0.39, 0.29) is 23.7 Å². The van der Waals surface area contributed by atoms with E-state index in [1.807, 2.05) is 13.8 Å². The van der Waals surface area contributed by atoms with Crippen LogP contribution in [0.5, 0.6) is 0 Å². The van der Waals surface area contributed by atoms with Crippen molar-refractivity contribution in [1.29, 1.82) is 0 Å². The van der Waals surface area contributed by atoms with Gasteiger partial charge in [0.1, 0.15) is 11.9 Å². The number of nitrogens with one attached hydrogen (secondary N) is 1. The van der Waals surface area contributed by atoms with Gasteiger partial charge in [-0.25, -0.2) is 4.39 Å². The number of rotatable bonds is 3. The second-order valence-electron chi connectivity index (χ2n) is 4.99. The summed E-state index contributed by atoms with van der Waals surface area (Å²) in [5.74, 6) is 0.133. The molecule has 0 bridgehead atoms. The number of amides is 1. The minimum absolute atomic E-state index is 0.00718. The summed E-state index contributed by atoms with van der Waals surface area (Å²) in [6, 6.07) is 4.78. The molecule has 1 N–H and O–H groups in total. The fourth-order valence-electron chi connectivity index (χ4n) is 2.00. The van der Waals surface area contributed by atoms with Crippen LogP contribution < -0.4 is 5.32 Å². The molecule has 0 spiro atoms. The lowest BCUT2D eigenvalue weighted by Gasteiger charge is -2.12. The SMILES string of the molecule is CC1CC(NC(=O)CC(C)c2ccc(F)c(Br)c2)=NO1. The smallest absolute Gasteiger partial charge is 0.225 e. The predicted molar refractivity (Wildman–Crippen MR) is 77.9 cm³/mol. The minimum Gasteiger partial charge on any atom is -0.391 e. The van der Waals surface area contributed by atoms with Gasteiger partial charge < -0.3 is 10.2 Å². The van der Waals surface area contributed by atoms with Gasteiger partial charge in [-0.15, -0.1) is 0 Å². The second kappa shape index (κ2) is 6.35. The number of halogens is 2. The molecule has 0 radical (unpaired) electrons. The highest BCUT2D eigenvalue weighted by molar-refractivity contribution is 9.10. The summed E-state index contributed by atoms with van der Waals surface area (Å²) < 4.78 is 13.6. The van der Waals surface area contributed by atoms with Crippen LogP contribution in [0.25, 0.3) is 0 Å². The normalized spacial score (nSPS) is 19.2. The van der Waals surface area contributed by atoms with E-state index < -0.39 is 0 Å². The van der Waals surface area contributed by atoms with E-state index in [1.165, 1.54) is 6.07 Å². The van der Waals surface area contributed by atoms with E-state index in [1.54, 1.807) is 12.1 Å². The Morgan fingerprint density at radius 2 is 2.40 bits per heavy atom. The van der Waals surface area contributed by atoms with Crippen molar-refractivity contribution in [2.24, 2.45) is 5.16 Å². The number of benzene rings is 1. The fourth-order valence-corrected chi connectivity index (χ4v) is 2.40. The molecule has 0 saturated heterocycles. The minimum atomic E-state index is -0.308. The molecular weight excluding hydrogens is 327 g/mol. The van der Waals surface area contributed by atoms with Crippen molar-refractivity contribution in [2.75, 3.05) is 0 Å². The van der Waals surface area contributed by atoms with Crippen LogP contribution in [0.4, 0.5) is 4.39 Å². The lowest BCUT2D eigenvalue weighted by molar-refractivity contribution is -0.120. The van der Waals surface area contributed by atoms with E-state index >= 15 is 0 Å². The topological polar surface area (TPSA) is 50.7 Å². The first kappa shape index (κ1) is 15.0. The second-order valence-corrected chi connectivity index (χ2v) is 5.84. The monoisotopic (exact) mass is 342 g/mol. The van der Waals surface area contributed by atoms with Gasteiger partial charge in [0.15, 0.2) is 5.84 Å². The first-order chi connectivity index (χ1) is 9.45. The third kappa shape index (κ3) is 3.79. The quantitative estimate of drug-likeness (QED) is 0.915. The summed E-state index contributed by atoms with van der Waals surface area (Å²) in [7, 11) is 0. The van der Waals surface area contributed by atoms with E-state index in [0.717, 1.165) is 5.56 Å². The molecule has 0 aliphatic carbocycles. The van der Waals surface area contributed by atoms with Gasteiger partial charge >= 0.3 is 0 Å². The zero-order chi connectivity index (χ0) is 14.7. The number of nitrogens with zero attached hydrogens (tertiary/aromatic N) is 1. The molecule has 1 heterocycles. The molecule has 1 aliphatic heterocycles. The molecule has 0 saturated carbocycles. The number of hydrogen-bond donors (Lipinski definition) is 1. The largest absolute Gasteiger partial charge is 0.391 e. The van der Waals surface area contributed by atoms with Crippen LogP contribution in [0.2, 0.25) is 0 Å². The first-order valence-electron chi connectivity index (χ1n) is 6.43. The van der Waals surface area contributed by atoms with Gasteiger partial charge in [0.05, 0.1) is 4.47 Å². The molecule has 2 rings (SSSR count). The molecule has 108 valence electrons. The highest BCUT2D eigenvalue weighted by Crippen LogP contribution is 2.24. The molecule has 2 unspecified atom stereocenters. The van der Waals surface area contributed by atoms with Gasteiger partial charge in [-0.1, -0.05) is 18.1 Å². The van der Waals surface area contributed by atoms with Crippen molar-refractivity contribution < 1.29 is 14.0 Å². The molecule has 1 aromatic rings. The van der Waals surface area contributed by atoms with Crippen molar-refractivity contribution in [2.45, 2.75) is 38.7 Å². The van der Waals surface area contributed by atoms with Gasteiger partial charge in [-0.3, -0.25) is 4.79 Å². The average Bonchev–Trinajstić information content (AvgIpc) is 2.77. The Hall–Kier alpha value is -1.43. The van der Waals surface area contributed by atoms with Crippen LogP contribution in [0.1, 0.15) is 38.2 Å². The maximum Gasteiger partial charge on any atom is 0.225 e.